The Morgan fingerprint density at radius 3 is 2.29 bits per heavy atom. The number of nitrogens with zero attached hydrogens (tertiary/aromatic N) is 4. The van der Waals surface area contributed by atoms with Gasteiger partial charge in [0.05, 0.1) is 17.7 Å². The SMILES string of the molecule is O=C1CC2(CCCC2)CC(=O)N1C/C=N/OC1CCN(c2ccc([N+](=O)[O-])cc2)CC1. The molecular formula is C22H28N4O5. The van der Waals surface area contributed by atoms with E-state index in [1.54, 1.807) is 12.1 Å². The van der Waals surface area contributed by atoms with E-state index in [0.29, 0.717) is 12.8 Å². The van der Waals surface area contributed by atoms with Crippen LogP contribution >= 0.6 is 0 Å². The summed E-state index contributed by atoms with van der Waals surface area (Å²) in [4.78, 5) is 44.3. The maximum absolute atomic E-state index is 12.5. The molecule has 2 amide bonds. The number of nitro groups is 1. The predicted molar refractivity (Wildman–Crippen MR) is 115 cm³/mol. The first-order chi connectivity index (χ1) is 15.0. The number of oxime groups is 1. The van der Waals surface area contributed by atoms with Crippen LogP contribution in [0.4, 0.5) is 11.4 Å². The van der Waals surface area contributed by atoms with E-state index >= 15 is 0 Å². The summed E-state index contributed by atoms with van der Waals surface area (Å²) in [6.45, 7) is 1.70. The van der Waals surface area contributed by atoms with Crippen LogP contribution in [-0.4, -0.2) is 53.6 Å². The lowest BCUT2D eigenvalue weighted by Crippen LogP contribution is -2.47. The number of anilines is 1. The molecule has 0 radical (unpaired) electrons. The molecule has 0 aromatic heterocycles. The van der Waals surface area contributed by atoms with E-state index < -0.39 is 4.92 Å². The normalized spacial score (nSPS) is 21.9. The molecular weight excluding hydrogens is 400 g/mol. The fourth-order valence-corrected chi connectivity index (χ4v) is 4.96. The molecule has 9 heteroatoms. The predicted octanol–water partition coefficient (Wildman–Crippen LogP) is 3.28. The van der Waals surface area contributed by atoms with Gasteiger partial charge in [0.1, 0.15) is 6.10 Å². The molecule has 1 aromatic rings. The largest absolute Gasteiger partial charge is 0.393 e. The Hall–Kier alpha value is -2.97. The minimum Gasteiger partial charge on any atom is -0.393 e. The number of hydrogen-bond acceptors (Lipinski definition) is 7. The van der Waals surface area contributed by atoms with E-state index in [1.807, 2.05) is 0 Å². The van der Waals surface area contributed by atoms with Crippen LogP contribution in [0.15, 0.2) is 29.4 Å². The second kappa shape index (κ2) is 9.03. The minimum absolute atomic E-state index is 0.0277. The second-order valence-corrected chi connectivity index (χ2v) is 8.81. The molecule has 1 spiro atoms. The molecule has 2 heterocycles. The zero-order chi connectivity index (χ0) is 21.8. The molecule has 3 fully saturated rings. The highest BCUT2D eigenvalue weighted by Gasteiger charge is 2.44. The van der Waals surface area contributed by atoms with Gasteiger partial charge in [-0.15, -0.1) is 0 Å². The number of amides is 2. The molecule has 1 saturated carbocycles. The van der Waals surface area contributed by atoms with Gasteiger partial charge in [0.15, 0.2) is 0 Å². The van der Waals surface area contributed by atoms with Gasteiger partial charge in [0.2, 0.25) is 11.8 Å². The first-order valence-corrected chi connectivity index (χ1v) is 11.0. The number of hydrogen-bond donors (Lipinski definition) is 0. The molecule has 1 aliphatic carbocycles. The summed E-state index contributed by atoms with van der Waals surface area (Å²) in [6.07, 6.45) is 8.14. The van der Waals surface area contributed by atoms with Crippen molar-refractivity contribution in [1.82, 2.24) is 4.90 Å². The van der Waals surface area contributed by atoms with Gasteiger partial charge in [-0.2, -0.15) is 0 Å². The Bertz CT molecular complexity index is 835. The van der Waals surface area contributed by atoms with Crippen molar-refractivity contribution in [3.8, 4) is 0 Å². The summed E-state index contributed by atoms with van der Waals surface area (Å²) in [7, 11) is 0. The number of benzene rings is 1. The molecule has 31 heavy (non-hydrogen) atoms. The van der Waals surface area contributed by atoms with Crippen LogP contribution in [0.5, 0.6) is 0 Å². The maximum atomic E-state index is 12.5. The molecule has 2 saturated heterocycles. The van der Waals surface area contributed by atoms with Crippen LogP contribution in [0, 0.1) is 15.5 Å². The smallest absolute Gasteiger partial charge is 0.269 e. The number of piperidine rings is 2. The first kappa shape index (κ1) is 21.3. The van der Waals surface area contributed by atoms with E-state index in [9.17, 15) is 19.7 Å². The molecule has 2 aliphatic heterocycles. The van der Waals surface area contributed by atoms with Crippen LogP contribution in [0.25, 0.3) is 0 Å². The van der Waals surface area contributed by atoms with Gasteiger partial charge >= 0.3 is 0 Å². The Morgan fingerprint density at radius 2 is 1.71 bits per heavy atom. The molecule has 166 valence electrons. The maximum Gasteiger partial charge on any atom is 0.269 e. The summed E-state index contributed by atoms with van der Waals surface area (Å²) in [6, 6.07) is 6.56. The van der Waals surface area contributed by atoms with Crippen LogP contribution in [0.3, 0.4) is 0 Å². The van der Waals surface area contributed by atoms with E-state index in [1.165, 1.54) is 23.2 Å². The highest BCUT2D eigenvalue weighted by Crippen LogP contribution is 2.46. The highest BCUT2D eigenvalue weighted by atomic mass is 16.6. The number of carbonyl (C=O) groups is 2. The lowest BCUT2D eigenvalue weighted by molar-refractivity contribution is -0.384. The van der Waals surface area contributed by atoms with Crippen LogP contribution in [-0.2, 0) is 14.4 Å². The van der Waals surface area contributed by atoms with Crippen LogP contribution in [0.1, 0.15) is 51.4 Å². The number of imide groups is 1. The molecule has 0 bridgehead atoms. The van der Waals surface area contributed by atoms with Gasteiger partial charge in [-0.25, -0.2) is 0 Å². The molecule has 3 aliphatic rings. The molecule has 0 atom stereocenters. The Balaban J connectivity index is 1.20. The summed E-state index contributed by atoms with van der Waals surface area (Å²) >= 11 is 0. The van der Waals surface area contributed by atoms with Crippen molar-refractivity contribution in [3.63, 3.8) is 0 Å². The third-order valence-electron chi connectivity index (χ3n) is 6.74. The third-order valence-corrected chi connectivity index (χ3v) is 6.74. The zero-order valence-electron chi connectivity index (χ0n) is 17.6. The Kier molecular flexibility index (Phi) is 6.20. The van der Waals surface area contributed by atoms with E-state index in [0.717, 1.165) is 57.3 Å². The van der Waals surface area contributed by atoms with Crippen molar-refractivity contribution in [2.24, 2.45) is 10.6 Å². The fraction of sp³-hybridized carbons (Fsp3) is 0.591. The van der Waals surface area contributed by atoms with Gasteiger partial charge in [0, 0.05) is 56.6 Å². The lowest BCUT2D eigenvalue weighted by Gasteiger charge is -2.36. The number of carbonyl (C=O) groups excluding carboxylic acids is 2. The van der Waals surface area contributed by atoms with Crippen molar-refractivity contribution < 1.29 is 19.3 Å². The zero-order valence-corrected chi connectivity index (χ0v) is 17.6. The summed E-state index contributed by atoms with van der Waals surface area (Å²) in [5.74, 6) is -0.193. The number of likely N-dealkylation sites (tertiary alicyclic amines) is 1. The van der Waals surface area contributed by atoms with Crippen molar-refractivity contribution in [2.45, 2.75) is 57.5 Å². The molecule has 0 unspecified atom stereocenters. The average molecular weight is 428 g/mol. The van der Waals surface area contributed by atoms with Gasteiger partial charge in [-0.1, -0.05) is 18.0 Å². The summed E-state index contributed by atoms with van der Waals surface area (Å²) in [5.41, 5.74) is 0.950. The van der Waals surface area contributed by atoms with E-state index in [-0.39, 0.29) is 35.6 Å². The molecule has 1 aromatic carbocycles. The van der Waals surface area contributed by atoms with Gasteiger partial charge < -0.3 is 9.74 Å². The second-order valence-electron chi connectivity index (χ2n) is 8.81. The van der Waals surface area contributed by atoms with Gasteiger partial charge in [0.25, 0.3) is 5.69 Å². The van der Waals surface area contributed by atoms with Crippen molar-refractivity contribution in [3.05, 3.63) is 34.4 Å². The molecule has 0 N–H and O–H groups in total. The first-order valence-electron chi connectivity index (χ1n) is 11.0. The Morgan fingerprint density at radius 1 is 1.10 bits per heavy atom. The van der Waals surface area contributed by atoms with Gasteiger partial charge in [-0.05, 0) is 30.4 Å². The topological polar surface area (TPSA) is 105 Å². The van der Waals surface area contributed by atoms with E-state index in [2.05, 4.69) is 10.1 Å². The number of nitro benzene ring substituents is 1. The quantitative estimate of drug-likeness (QED) is 0.298. The molecule has 9 nitrogen and oxygen atoms in total. The average Bonchev–Trinajstić information content (AvgIpc) is 3.20. The van der Waals surface area contributed by atoms with Crippen molar-refractivity contribution in [2.75, 3.05) is 24.5 Å². The van der Waals surface area contributed by atoms with E-state index in [4.69, 9.17) is 4.84 Å². The van der Waals surface area contributed by atoms with Crippen LogP contribution in [0.2, 0.25) is 0 Å². The third kappa shape index (κ3) is 4.86. The highest BCUT2D eigenvalue weighted by molar-refractivity contribution is 6.00. The number of non-ortho nitro benzene ring substituents is 1. The minimum atomic E-state index is -0.403. The van der Waals surface area contributed by atoms with Crippen molar-refractivity contribution in [1.29, 1.82) is 0 Å². The molecule has 4 rings (SSSR count). The summed E-state index contributed by atoms with van der Waals surface area (Å²) < 4.78 is 0. The van der Waals surface area contributed by atoms with Crippen LogP contribution < -0.4 is 4.90 Å². The lowest BCUT2D eigenvalue weighted by atomic mass is 9.76. The number of rotatable bonds is 6. The fourth-order valence-electron chi connectivity index (χ4n) is 4.96. The summed E-state index contributed by atoms with van der Waals surface area (Å²) in [5, 5.41) is 14.8. The van der Waals surface area contributed by atoms with Crippen molar-refractivity contribution >= 4 is 29.4 Å². The Labute approximate surface area is 181 Å². The van der Waals surface area contributed by atoms with Gasteiger partial charge in [-0.3, -0.25) is 24.6 Å². The standard InChI is InChI=1S/C22H28N4O5/c27-20-15-22(9-1-2-10-22)16-21(28)25(20)14-11-23-31-19-7-12-24(13-8-19)17-3-5-18(6-4-17)26(29)30/h3-6,11,19H,1-2,7-10,12-16H2/b23-11+. The monoisotopic (exact) mass is 428 g/mol.